The predicted molar refractivity (Wildman–Crippen MR) is 139 cm³/mol. The minimum Gasteiger partial charge on any atom is -0.507 e. The van der Waals surface area contributed by atoms with Crippen LogP contribution in [-0.2, 0) is 6.42 Å². The Balaban J connectivity index is 1.39. The number of aromatic amines is 1. The van der Waals surface area contributed by atoms with Gasteiger partial charge in [0.25, 0.3) is 11.5 Å². The highest BCUT2D eigenvalue weighted by molar-refractivity contribution is 9.11. The van der Waals surface area contributed by atoms with Gasteiger partial charge in [-0.05, 0) is 86.2 Å². The lowest BCUT2D eigenvalue weighted by atomic mass is 10.1. The Morgan fingerprint density at radius 3 is 2.61 bits per heavy atom. The number of carbonyl (C=O) groups is 1. The van der Waals surface area contributed by atoms with Crippen molar-refractivity contribution in [3.63, 3.8) is 0 Å². The van der Waals surface area contributed by atoms with E-state index in [1.54, 1.807) is 12.1 Å². The van der Waals surface area contributed by atoms with Crippen LogP contribution in [0.1, 0.15) is 33.9 Å². The lowest BCUT2D eigenvalue weighted by molar-refractivity contribution is 0.0933. The summed E-state index contributed by atoms with van der Waals surface area (Å²) in [4.78, 5) is 38.6. The van der Waals surface area contributed by atoms with Gasteiger partial charge in [-0.2, -0.15) is 9.78 Å². The molecule has 0 saturated carbocycles. The lowest BCUT2D eigenvalue weighted by Crippen LogP contribution is -2.30. The zero-order chi connectivity index (χ0) is 25.4. The number of carbonyl (C=O) groups excluding carboxylic acids is 1. The van der Waals surface area contributed by atoms with Gasteiger partial charge in [-0.15, -0.1) is 0 Å². The second kappa shape index (κ2) is 9.75. The number of phenols is 1. The van der Waals surface area contributed by atoms with Crippen LogP contribution in [0, 0.1) is 0 Å². The molecule has 0 aliphatic heterocycles. The van der Waals surface area contributed by atoms with Crippen molar-refractivity contribution in [2.24, 2.45) is 0 Å². The highest BCUT2D eigenvalue weighted by Crippen LogP contribution is 2.39. The minimum absolute atomic E-state index is 0.0877. The number of H-pyrrole nitrogens is 1. The lowest BCUT2D eigenvalue weighted by Gasteiger charge is -2.16. The van der Waals surface area contributed by atoms with E-state index in [-0.39, 0.29) is 17.4 Å². The first kappa shape index (κ1) is 24.0. The number of ether oxygens (including phenoxy) is 1. The maximum Gasteiger partial charge on any atom is 0.349 e. The van der Waals surface area contributed by atoms with Crippen molar-refractivity contribution < 1.29 is 14.6 Å². The number of nitrogens with one attached hydrogen (secondary N) is 2. The maximum atomic E-state index is 13.0. The summed E-state index contributed by atoms with van der Waals surface area (Å²) in [6, 6.07) is 15.4. The maximum absolute atomic E-state index is 13.0. The first-order valence-corrected chi connectivity index (χ1v) is 12.5. The molecular weight excluding hydrogens is 596 g/mol. The fraction of sp³-hybridized carbons (Fsp3) is 0.120. The molecule has 5 rings (SSSR count). The summed E-state index contributed by atoms with van der Waals surface area (Å²) < 4.78 is 7.99. The monoisotopic (exact) mass is 612 g/mol. The molecule has 3 N–H and O–H groups in total. The average molecular weight is 614 g/mol. The van der Waals surface area contributed by atoms with Gasteiger partial charge in [0.1, 0.15) is 17.7 Å². The normalized spacial score (nSPS) is 14.3. The molecule has 1 amide bonds. The second-order valence-corrected chi connectivity index (χ2v) is 9.84. The molecule has 0 bridgehead atoms. The summed E-state index contributed by atoms with van der Waals surface area (Å²) in [5.74, 6) is 0.121. The predicted octanol–water partition coefficient (Wildman–Crippen LogP) is 4.36. The molecule has 1 aromatic heterocycles. The Morgan fingerprint density at radius 1 is 1.11 bits per heavy atom. The quantitative estimate of drug-likeness (QED) is 0.307. The van der Waals surface area contributed by atoms with Crippen molar-refractivity contribution in [2.75, 3.05) is 0 Å². The van der Waals surface area contributed by atoms with E-state index in [9.17, 15) is 19.5 Å². The second-order valence-electron chi connectivity index (χ2n) is 8.13. The van der Waals surface area contributed by atoms with Crippen molar-refractivity contribution in [3.8, 4) is 22.9 Å². The standard InChI is InChI=1S/C25H18Br2N4O5/c26-18-9-14(31-25(35)30-22(33)12-28-31)10-19(27)23(18)36-15-6-8-21(32)17(11-15)24(34)29-20-7-5-13-3-1-2-4-16(13)20/h1-4,6,8-12,20,32H,5,7H2,(H,29,34)(H,30,33,35). The fourth-order valence-corrected chi connectivity index (χ4v) is 5.45. The Morgan fingerprint density at radius 2 is 1.86 bits per heavy atom. The van der Waals surface area contributed by atoms with E-state index in [4.69, 9.17) is 4.74 Å². The molecule has 36 heavy (non-hydrogen) atoms. The number of halogens is 2. The number of aromatic hydroxyl groups is 1. The van der Waals surface area contributed by atoms with E-state index >= 15 is 0 Å². The number of hydrogen-bond acceptors (Lipinski definition) is 6. The molecule has 0 spiro atoms. The van der Waals surface area contributed by atoms with Crippen LogP contribution < -0.4 is 21.3 Å². The molecule has 1 heterocycles. The molecule has 4 aromatic rings. The number of aromatic nitrogens is 3. The number of aryl methyl sites for hydroxylation is 1. The van der Waals surface area contributed by atoms with Gasteiger partial charge in [-0.3, -0.25) is 14.6 Å². The molecule has 1 unspecified atom stereocenters. The third-order valence-electron chi connectivity index (χ3n) is 5.81. The molecule has 1 atom stereocenters. The van der Waals surface area contributed by atoms with Gasteiger partial charge in [-0.25, -0.2) is 4.79 Å². The SMILES string of the molecule is O=C(NC1CCc2ccccc21)c1cc(Oc2c(Br)cc(-n3ncc(=O)[nH]c3=O)cc2Br)ccc1O. The smallest absolute Gasteiger partial charge is 0.349 e. The third kappa shape index (κ3) is 4.71. The number of rotatable bonds is 5. The highest BCUT2D eigenvalue weighted by Gasteiger charge is 2.25. The molecule has 0 radical (unpaired) electrons. The van der Waals surface area contributed by atoms with E-state index in [2.05, 4.69) is 53.3 Å². The molecule has 0 saturated heterocycles. The zero-order valence-corrected chi connectivity index (χ0v) is 21.7. The summed E-state index contributed by atoms with van der Waals surface area (Å²) >= 11 is 6.86. The molecule has 1 aliphatic carbocycles. The van der Waals surface area contributed by atoms with Crippen LogP contribution in [0.5, 0.6) is 17.2 Å². The third-order valence-corrected chi connectivity index (χ3v) is 6.99. The number of benzene rings is 3. The van der Waals surface area contributed by atoms with Gasteiger partial charge >= 0.3 is 5.69 Å². The Kier molecular flexibility index (Phi) is 6.50. The van der Waals surface area contributed by atoms with Crippen molar-refractivity contribution >= 4 is 37.8 Å². The van der Waals surface area contributed by atoms with Crippen LogP contribution >= 0.6 is 31.9 Å². The summed E-state index contributed by atoms with van der Waals surface area (Å²) in [6.07, 6.45) is 2.68. The van der Waals surface area contributed by atoms with Gasteiger partial charge < -0.3 is 15.2 Å². The number of nitrogens with zero attached hydrogens (tertiary/aromatic N) is 2. The Labute approximate surface area is 221 Å². The molecule has 1 aliphatic rings. The van der Waals surface area contributed by atoms with E-state index in [1.807, 2.05) is 18.2 Å². The topological polar surface area (TPSA) is 126 Å². The van der Waals surface area contributed by atoms with Crippen LogP contribution in [0.2, 0.25) is 0 Å². The van der Waals surface area contributed by atoms with Crippen molar-refractivity contribution in [1.29, 1.82) is 0 Å². The van der Waals surface area contributed by atoms with Gasteiger partial charge in [0.2, 0.25) is 0 Å². The fourth-order valence-electron chi connectivity index (χ4n) is 4.12. The molecule has 11 heteroatoms. The summed E-state index contributed by atoms with van der Waals surface area (Å²) in [5.41, 5.74) is 1.48. The molecule has 0 fully saturated rings. The van der Waals surface area contributed by atoms with Crippen LogP contribution in [0.25, 0.3) is 5.69 Å². The zero-order valence-electron chi connectivity index (χ0n) is 18.5. The number of hydrogen-bond donors (Lipinski definition) is 3. The van der Waals surface area contributed by atoms with Crippen LogP contribution in [0.3, 0.4) is 0 Å². The first-order chi connectivity index (χ1) is 17.3. The number of phenolic OH excluding ortho intramolecular Hbond substituents is 1. The largest absolute Gasteiger partial charge is 0.507 e. The number of fused-ring (bicyclic) bond motifs is 1. The van der Waals surface area contributed by atoms with Gasteiger partial charge in [0.05, 0.1) is 26.2 Å². The van der Waals surface area contributed by atoms with Gasteiger partial charge in [0, 0.05) is 0 Å². The first-order valence-electron chi connectivity index (χ1n) is 10.9. The van der Waals surface area contributed by atoms with Crippen LogP contribution in [-0.4, -0.2) is 25.8 Å². The Hall–Kier alpha value is -3.70. The van der Waals surface area contributed by atoms with E-state index in [0.717, 1.165) is 29.3 Å². The highest BCUT2D eigenvalue weighted by atomic mass is 79.9. The van der Waals surface area contributed by atoms with Gasteiger partial charge in [-0.1, -0.05) is 24.3 Å². The molecule has 9 nitrogen and oxygen atoms in total. The van der Waals surface area contributed by atoms with Crippen molar-refractivity contribution in [3.05, 3.63) is 107 Å². The Bertz CT molecular complexity index is 1590. The average Bonchev–Trinajstić information content (AvgIpc) is 3.25. The van der Waals surface area contributed by atoms with Crippen LogP contribution in [0.15, 0.2) is 79.3 Å². The van der Waals surface area contributed by atoms with Crippen molar-refractivity contribution in [1.82, 2.24) is 20.1 Å². The number of amides is 1. The summed E-state index contributed by atoms with van der Waals surface area (Å²) in [5, 5.41) is 17.2. The van der Waals surface area contributed by atoms with E-state index in [1.165, 1.54) is 23.8 Å². The molecule has 3 aromatic carbocycles. The van der Waals surface area contributed by atoms with Crippen LogP contribution in [0.4, 0.5) is 0 Å². The van der Waals surface area contributed by atoms with Crippen molar-refractivity contribution in [2.45, 2.75) is 18.9 Å². The van der Waals surface area contributed by atoms with E-state index < -0.39 is 17.2 Å². The van der Waals surface area contributed by atoms with Gasteiger partial charge in [0.15, 0.2) is 5.75 Å². The summed E-state index contributed by atoms with van der Waals surface area (Å²) in [7, 11) is 0. The van der Waals surface area contributed by atoms with E-state index in [0.29, 0.717) is 26.1 Å². The molecular formula is C25H18Br2N4O5. The minimum atomic E-state index is -0.686. The summed E-state index contributed by atoms with van der Waals surface area (Å²) in [6.45, 7) is 0. The molecule has 182 valence electrons.